The zero-order chi connectivity index (χ0) is 13.8. The molecule has 20 heavy (non-hydrogen) atoms. The van der Waals surface area contributed by atoms with Crippen molar-refractivity contribution in [3.8, 4) is 0 Å². The number of pyridine rings is 2. The van der Waals surface area contributed by atoms with Crippen molar-refractivity contribution in [2.24, 2.45) is 0 Å². The number of aryl methyl sites for hydroxylation is 1. The molecule has 100 valence electrons. The summed E-state index contributed by atoms with van der Waals surface area (Å²) < 4.78 is 0. The Morgan fingerprint density at radius 1 is 0.800 bits per heavy atom. The van der Waals surface area contributed by atoms with Crippen molar-refractivity contribution in [3.05, 3.63) is 71.7 Å². The molecule has 0 saturated heterocycles. The average molecular weight is 263 g/mol. The fraction of sp³-hybridized carbons (Fsp3) is 0.176. The van der Waals surface area contributed by atoms with E-state index < -0.39 is 0 Å². The molecule has 3 heteroatoms. The van der Waals surface area contributed by atoms with E-state index in [1.807, 2.05) is 43.3 Å². The predicted molar refractivity (Wildman–Crippen MR) is 81.3 cm³/mol. The Hall–Kier alpha value is -2.26. The van der Waals surface area contributed by atoms with Crippen molar-refractivity contribution >= 4 is 10.9 Å². The Labute approximate surface area is 118 Å². The molecule has 0 atom stereocenters. The topological polar surface area (TPSA) is 37.8 Å². The second-order valence-electron chi connectivity index (χ2n) is 4.87. The minimum Gasteiger partial charge on any atom is -0.306 e. The number of fused-ring (bicyclic) bond motifs is 1. The van der Waals surface area contributed by atoms with Crippen LogP contribution in [0.15, 0.2) is 54.6 Å². The van der Waals surface area contributed by atoms with Gasteiger partial charge < -0.3 is 5.32 Å². The fourth-order valence-electron chi connectivity index (χ4n) is 2.22. The van der Waals surface area contributed by atoms with E-state index in [0.29, 0.717) is 0 Å². The van der Waals surface area contributed by atoms with Crippen LogP contribution >= 0.6 is 0 Å². The largest absolute Gasteiger partial charge is 0.306 e. The number of benzene rings is 1. The van der Waals surface area contributed by atoms with Crippen LogP contribution in [0.5, 0.6) is 0 Å². The number of hydrogen-bond acceptors (Lipinski definition) is 3. The molecule has 3 rings (SSSR count). The third-order valence-corrected chi connectivity index (χ3v) is 3.21. The molecule has 0 aliphatic rings. The lowest BCUT2D eigenvalue weighted by Crippen LogP contribution is -2.14. The van der Waals surface area contributed by atoms with E-state index in [1.165, 1.54) is 5.39 Å². The summed E-state index contributed by atoms with van der Waals surface area (Å²) in [5.74, 6) is 0. The molecule has 1 aromatic carbocycles. The van der Waals surface area contributed by atoms with Gasteiger partial charge in [0.05, 0.1) is 16.9 Å². The first-order chi connectivity index (χ1) is 9.81. The van der Waals surface area contributed by atoms with Gasteiger partial charge in [-0.15, -0.1) is 0 Å². The third kappa shape index (κ3) is 3.00. The van der Waals surface area contributed by atoms with E-state index in [4.69, 9.17) is 0 Å². The second kappa shape index (κ2) is 5.80. The maximum absolute atomic E-state index is 4.64. The molecule has 0 saturated carbocycles. The van der Waals surface area contributed by atoms with Crippen LogP contribution in [0.25, 0.3) is 10.9 Å². The first-order valence-electron chi connectivity index (χ1n) is 6.79. The van der Waals surface area contributed by atoms with Crippen LogP contribution in [0.1, 0.15) is 17.1 Å². The fourth-order valence-corrected chi connectivity index (χ4v) is 2.22. The van der Waals surface area contributed by atoms with Gasteiger partial charge in [-0.25, -0.2) is 0 Å². The SMILES string of the molecule is Cc1cccc(CNCc2ccc3ccccc3n2)n1. The molecule has 3 aromatic rings. The quantitative estimate of drug-likeness (QED) is 0.785. The first kappa shape index (κ1) is 12.8. The van der Waals surface area contributed by atoms with Crippen LogP contribution < -0.4 is 5.32 Å². The van der Waals surface area contributed by atoms with E-state index >= 15 is 0 Å². The molecule has 0 aliphatic carbocycles. The molecule has 0 aliphatic heterocycles. The number of aromatic nitrogens is 2. The molecular weight excluding hydrogens is 246 g/mol. The zero-order valence-corrected chi connectivity index (χ0v) is 11.5. The van der Waals surface area contributed by atoms with Gasteiger partial charge in [-0.2, -0.15) is 0 Å². The van der Waals surface area contributed by atoms with Gasteiger partial charge in [-0.05, 0) is 31.2 Å². The number of nitrogens with one attached hydrogen (secondary N) is 1. The Morgan fingerprint density at radius 2 is 1.60 bits per heavy atom. The highest BCUT2D eigenvalue weighted by atomic mass is 14.9. The molecule has 0 bridgehead atoms. The lowest BCUT2D eigenvalue weighted by atomic mass is 10.2. The van der Waals surface area contributed by atoms with Crippen molar-refractivity contribution in [2.45, 2.75) is 20.0 Å². The Balaban J connectivity index is 1.65. The summed E-state index contributed by atoms with van der Waals surface area (Å²) in [4.78, 5) is 9.11. The summed E-state index contributed by atoms with van der Waals surface area (Å²) in [6.45, 7) is 3.52. The van der Waals surface area contributed by atoms with E-state index in [0.717, 1.165) is 35.7 Å². The summed E-state index contributed by atoms with van der Waals surface area (Å²) in [6, 6.07) is 18.4. The summed E-state index contributed by atoms with van der Waals surface area (Å²) in [5, 5.41) is 4.56. The van der Waals surface area contributed by atoms with Gasteiger partial charge in [0.15, 0.2) is 0 Å². The summed E-state index contributed by atoms with van der Waals surface area (Å²) in [5.41, 5.74) is 4.20. The van der Waals surface area contributed by atoms with Crippen molar-refractivity contribution in [3.63, 3.8) is 0 Å². The average Bonchev–Trinajstić information content (AvgIpc) is 2.47. The van der Waals surface area contributed by atoms with Crippen molar-refractivity contribution < 1.29 is 0 Å². The minimum atomic E-state index is 0.750. The molecule has 3 nitrogen and oxygen atoms in total. The highest BCUT2D eigenvalue weighted by molar-refractivity contribution is 5.78. The molecule has 0 fully saturated rings. The Morgan fingerprint density at radius 3 is 2.45 bits per heavy atom. The lowest BCUT2D eigenvalue weighted by Gasteiger charge is -2.06. The highest BCUT2D eigenvalue weighted by Crippen LogP contribution is 2.11. The van der Waals surface area contributed by atoms with Crippen LogP contribution in [-0.2, 0) is 13.1 Å². The van der Waals surface area contributed by atoms with Gasteiger partial charge in [0, 0.05) is 24.2 Å². The van der Waals surface area contributed by atoms with Crippen molar-refractivity contribution in [1.29, 1.82) is 0 Å². The molecule has 2 aromatic heterocycles. The summed E-state index contributed by atoms with van der Waals surface area (Å²) in [6.07, 6.45) is 0. The zero-order valence-electron chi connectivity index (χ0n) is 11.5. The van der Waals surface area contributed by atoms with Crippen molar-refractivity contribution in [1.82, 2.24) is 15.3 Å². The molecule has 0 unspecified atom stereocenters. The summed E-state index contributed by atoms with van der Waals surface area (Å²) >= 11 is 0. The maximum atomic E-state index is 4.64. The first-order valence-corrected chi connectivity index (χ1v) is 6.79. The van der Waals surface area contributed by atoms with Gasteiger partial charge in [-0.3, -0.25) is 9.97 Å². The molecular formula is C17H17N3. The molecule has 1 N–H and O–H groups in total. The van der Waals surface area contributed by atoms with E-state index in [1.54, 1.807) is 0 Å². The van der Waals surface area contributed by atoms with Crippen LogP contribution in [-0.4, -0.2) is 9.97 Å². The van der Waals surface area contributed by atoms with E-state index in [2.05, 4.69) is 33.5 Å². The number of rotatable bonds is 4. The molecule has 0 spiro atoms. The Kier molecular flexibility index (Phi) is 3.70. The number of hydrogen-bond donors (Lipinski definition) is 1. The second-order valence-corrected chi connectivity index (χ2v) is 4.87. The smallest absolute Gasteiger partial charge is 0.0705 e. The minimum absolute atomic E-state index is 0.750. The van der Waals surface area contributed by atoms with Crippen LogP contribution in [0, 0.1) is 6.92 Å². The van der Waals surface area contributed by atoms with E-state index in [-0.39, 0.29) is 0 Å². The van der Waals surface area contributed by atoms with Gasteiger partial charge in [0.1, 0.15) is 0 Å². The molecule has 0 radical (unpaired) electrons. The number of para-hydroxylation sites is 1. The summed E-state index contributed by atoms with van der Waals surface area (Å²) in [7, 11) is 0. The van der Waals surface area contributed by atoms with Crippen LogP contribution in [0.4, 0.5) is 0 Å². The van der Waals surface area contributed by atoms with Gasteiger partial charge in [-0.1, -0.05) is 30.3 Å². The normalized spacial score (nSPS) is 10.8. The molecule has 0 amide bonds. The Bertz CT molecular complexity index is 722. The van der Waals surface area contributed by atoms with E-state index in [9.17, 15) is 0 Å². The standard InChI is InChI=1S/C17H17N3/c1-13-5-4-7-15(19-13)11-18-12-16-10-9-14-6-2-3-8-17(14)20-16/h2-10,18H,11-12H2,1H3. The number of nitrogens with zero attached hydrogens (tertiary/aromatic N) is 2. The monoisotopic (exact) mass is 263 g/mol. The lowest BCUT2D eigenvalue weighted by molar-refractivity contribution is 0.668. The van der Waals surface area contributed by atoms with Crippen LogP contribution in [0.2, 0.25) is 0 Å². The van der Waals surface area contributed by atoms with Crippen molar-refractivity contribution in [2.75, 3.05) is 0 Å². The van der Waals surface area contributed by atoms with Crippen LogP contribution in [0.3, 0.4) is 0 Å². The maximum Gasteiger partial charge on any atom is 0.0705 e. The molecule has 2 heterocycles. The van der Waals surface area contributed by atoms with Gasteiger partial charge in [0.25, 0.3) is 0 Å². The highest BCUT2D eigenvalue weighted by Gasteiger charge is 1.99. The van der Waals surface area contributed by atoms with Gasteiger partial charge in [0.2, 0.25) is 0 Å². The third-order valence-electron chi connectivity index (χ3n) is 3.21. The predicted octanol–water partition coefficient (Wildman–Crippen LogP) is 3.23. The van der Waals surface area contributed by atoms with Gasteiger partial charge >= 0.3 is 0 Å².